The number of phenols is 2. The van der Waals surface area contributed by atoms with Gasteiger partial charge in [0.15, 0.2) is 11.5 Å². The number of rotatable bonds is 5. The van der Waals surface area contributed by atoms with E-state index in [-0.39, 0.29) is 17.4 Å². The highest BCUT2D eigenvalue weighted by atomic mass is 16.3. The summed E-state index contributed by atoms with van der Waals surface area (Å²) in [5, 5.41) is 22.4. The number of carbonyl (C=O) groups is 1. The lowest BCUT2D eigenvalue weighted by molar-refractivity contribution is -0.118. The van der Waals surface area contributed by atoms with Crippen molar-refractivity contribution in [1.82, 2.24) is 0 Å². The van der Waals surface area contributed by atoms with Gasteiger partial charge in [-0.1, -0.05) is 56.3 Å². The minimum absolute atomic E-state index is 0.0881. The summed E-state index contributed by atoms with van der Waals surface area (Å²) in [6, 6.07) is 20.9. The van der Waals surface area contributed by atoms with Gasteiger partial charge in [0.25, 0.3) is 0 Å². The first kappa shape index (κ1) is 19.1. The Kier molecular flexibility index (Phi) is 4.79. The Labute approximate surface area is 170 Å². The van der Waals surface area contributed by atoms with Gasteiger partial charge in [0.2, 0.25) is 5.91 Å². The molecule has 0 radical (unpaired) electrons. The third kappa shape index (κ3) is 3.70. The molecule has 0 unspecified atom stereocenters. The third-order valence-electron chi connectivity index (χ3n) is 5.74. The zero-order valence-electron chi connectivity index (χ0n) is 16.6. The number of carbonyl (C=O) groups excluding carboxylic acids is 1. The number of hydrogen-bond donors (Lipinski definition) is 3. The molecule has 3 aromatic carbocycles. The molecule has 0 bridgehead atoms. The van der Waals surface area contributed by atoms with Gasteiger partial charge < -0.3 is 15.5 Å². The predicted molar refractivity (Wildman–Crippen MR) is 115 cm³/mol. The van der Waals surface area contributed by atoms with Crippen LogP contribution in [0.4, 0.5) is 5.69 Å². The molecule has 0 aromatic heterocycles. The molecular weight excluding hydrogens is 362 g/mol. The van der Waals surface area contributed by atoms with Gasteiger partial charge in [-0.25, -0.2) is 0 Å². The molecule has 29 heavy (non-hydrogen) atoms. The van der Waals surface area contributed by atoms with Crippen molar-refractivity contribution in [2.75, 3.05) is 5.32 Å². The summed E-state index contributed by atoms with van der Waals surface area (Å²) < 4.78 is 0. The van der Waals surface area contributed by atoms with Gasteiger partial charge in [-0.15, -0.1) is 0 Å². The van der Waals surface area contributed by atoms with Crippen LogP contribution in [0.25, 0.3) is 11.1 Å². The fraction of sp³-hybridized carbons (Fsp3) is 0.240. The second-order valence-electron chi connectivity index (χ2n) is 8.10. The Morgan fingerprint density at radius 1 is 0.897 bits per heavy atom. The largest absolute Gasteiger partial charge is 0.504 e. The number of aromatic hydroxyl groups is 2. The van der Waals surface area contributed by atoms with E-state index in [0.717, 1.165) is 35.2 Å². The number of benzene rings is 3. The lowest BCUT2D eigenvalue weighted by Gasteiger charge is -2.17. The molecular formula is C25H25NO3. The van der Waals surface area contributed by atoms with Crippen molar-refractivity contribution in [3.05, 3.63) is 77.9 Å². The van der Waals surface area contributed by atoms with Crippen LogP contribution in [-0.4, -0.2) is 16.1 Å². The van der Waals surface area contributed by atoms with Crippen LogP contribution in [0.5, 0.6) is 11.5 Å². The standard InChI is InChI=1S/C25H25NO3/c1-16(2)17-6-8-18(9-7-17)19-4-3-5-21(14-19)26-24(29)25(12-13-25)20-10-11-22(27)23(28)15-20/h3-11,14-16,27-28H,12-13H2,1-2H3,(H,26,29). The van der Waals surface area contributed by atoms with Crippen LogP contribution in [0.3, 0.4) is 0 Å². The van der Waals surface area contributed by atoms with Crippen molar-refractivity contribution in [2.45, 2.75) is 38.0 Å². The third-order valence-corrected chi connectivity index (χ3v) is 5.74. The minimum Gasteiger partial charge on any atom is -0.504 e. The number of amides is 1. The molecule has 1 amide bonds. The van der Waals surface area contributed by atoms with Crippen LogP contribution in [0.1, 0.15) is 43.7 Å². The van der Waals surface area contributed by atoms with Crippen LogP contribution in [0.15, 0.2) is 66.7 Å². The normalized spacial score (nSPS) is 14.6. The molecule has 1 aliphatic rings. The highest BCUT2D eigenvalue weighted by molar-refractivity contribution is 6.01. The monoisotopic (exact) mass is 387 g/mol. The van der Waals surface area contributed by atoms with Crippen molar-refractivity contribution < 1.29 is 15.0 Å². The van der Waals surface area contributed by atoms with Crippen molar-refractivity contribution >= 4 is 11.6 Å². The molecule has 1 fully saturated rings. The SMILES string of the molecule is CC(C)c1ccc(-c2cccc(NC(=O)C3(c4ccc(O)c(O)c4)CC3)c2)cc1. The molecule has 0 atom stereocenters. The second-order valence-corrected chi connectivity index (χ2v) is 8.10. The molecule has 3 N–H and O–H groups in total. The Morgan fingerprint density at radius 2 is 1.62 bits per heavy atom. The fourth-order valence-electron chi connectivity index (χ4n) is 3.68. The van der Waals surface area contributed by atoms with Crippen LogP contribution in [-0.2, 0) is 10.2 Å². The number of nitrogens with one attached hydrogen (secondary N) is 1. The van der Waals surface area contributed by atoms with E-state index in [2.05, 4.69) is 43.4 Å². The highest BCUT2D eigenvalue weighted by Crippen LogP contribution is 2.50. The van der Waals surface area contributed by atoms with Crippen molar-refractivity contribution in [1.29, 1.82) is 0 Å². The smallest absolute Gasteiger partial charge is 0.235 e. The molecule has 0 aliphatic heterocycles. The molecule has 0 saturated heterocycles. The quantitative estimate of drug-likeness (QED) is 0.502. The maximum absolute atomic E-state index is 13.0. The maximum atomic E-state index is 13.0. The van der Waals surface area contributed by atoms with Gasteiger partial charge in [-0.05, 0) is 65.3 Å². The van der Waals surface area contributed by atoms with Gasteiger partial charge in [0, 0.05) is 5.69 Å². The molecule has 4 heteroatoms. The predicted octanol–water partition coefficient (Wildman–Crippen LogP) is 5.56. The summed E-state index contributed by atoms with van der Waals surface area (Å²) in [7, 11) is 0. The molecule has 3 aromatic rings. The zero-order valence-corrected chi connectivity index (χ0v) is 16.6. The molecule has 0 spiro atoms. The van der Waals surface area contributed by atoms with E-state index < -0.39 is 5.41 Å². The van der Waals surface area contributed by atoms with Gasteiger partial charge in [0.1, 0.15) is 0 Å². The molecule has 148 valence electrons. The van der Waals surface area contributed by atoms with Crippen LogP contribution in [0, 0.1) is 0 Å². The first-order chi connectivity index (χ1) is 13.9. The minimum atomic E-state index is -0.639. The molecule has 0 heterocycles. The second kappa shape index (κ2) is 7.28. The summed E-state index contributed by atoms with van der Waals surface area (Å²) in [6.07, 6.45) is 1.44. The van der Waals surface area contributed by atoms with E-state index in [4.69, 9.17) is 0 Å². The number of phenolic OH excluding ortho intramolecular Hbond substituents is 2. The average Bonchev–Trinajstić information content (AvgIpc) is 3.52. The molecule has 1 aliphatic carbocycles. The maximum Gasteiger partial charge on any atom is 0.235 e. The Morgan fingerprint density at radius 3 is 2.24 bits per heavy atom. The average molecular weight is 387 g/mol. The van der Waals surface area contributed by atoms with Crippen LogP contribution in [0.2, 0.25) is 0 Å². The lowest BCUT2D eigenvalue weighted by Crippen LogP contribution is -2.27. The van der Waals surface area contributed by atoms with Crippen LogP contribution >= 0.6 is 0 Å². The van der Waals surface area contributed by atoms with E-state index >= 15 is 0 Å². The molecule has 4 rings (SSSR count). The highest BCUT2D eigenvalue weighted by Gasteiger charge is 2.51. The van der Waals surface area contributed by atoms with Crippen molar-refractivity contribution in [3.63, 3.8) is 0 Å². The number of anilines is 1. The fourth-order valence-corrected chi connectivity index (χ4v) is 3.68. The summed E-state index contributed by atoms with van der Waals surface area (Å²) >= 11 is 0. The van der Waals surface area contributed by atoms with Gasteiger partial charge in [-0.3, -0.25) is 4.79 Å². The van der Waals surface area contributed by atoms with E-state index in [1.807, 2.05) is 24.3 Å². The summed E-state index contributed by atoms with van der Waals surface area (Å²) in [5.74, 6) is 0.0215. The summed E-state index contributed by atoms with van der Waals surface area (Å²) in [6.45, 7) is 4.35. The van der Waals surface area contributed by atoms with E-state index in [9.17, 15) is 15.0 Å². The Balaban J connectivity index is 1.54. The molecule has 1 saturated carbocycles. The van der Waals surface area contributed by atoms with Gasteiger partial charge in [0.05, 0.1) is 5.41 Å². The van der Waals surface area contributed by atoms with Crippen molar-refractivity contribution in [2.24, 2.45) is 0 Å². The van der Waals surface area contributed by atoms with E-state index in [0.29, 0.717) is 5.92 Å². The topological polar surface area (TPSA) is 69.6 Å². The van der Waals surface area contributed by atoms with E-state index in [1.54, 1.807) is 6.07 Å². The van der Waals surface area contributed by atoms with E-state index in [1.165, 1.54) is 17.7 Å². The summed E-state index contributed by atoms with van der Waals surface area (Å²) in [4.78, 5) is 13.0. The van der Waals surface area contributed by atoms with Gasteiger partial charge in [-0.2, -0.15) is 0 Å². The van der Waals surface area contributed by atoms with Crippen LogP contribution < -0.4 is 5.32 Å². The Bertz CT molecular complexity index is 1050. The first-order valence-electron chi connectivity index (χ1n) is 9.93. The van der Waals surface area contributed by atoms with Crippen molar-refractivity contribution in [3.8, 4) is 22.6 Å². The lowest BCUT2D eigenvalue weighted by atomic mass is 9.94. The van der Waals surface area contributed by atoms with Gasteiger partial charge >= 0.3 is 0 Å². The zero-order chi connectivity index (χ0) is 20.6. The number of hydrogen-bond acceptors (Lipinski definition) is 3. The first-order valence-corrected chi connectivity index (χ1v) is 9.93. The summed E-state index contributed by atoms with van der Waals surface area (Å²) in [5.41, 5.74) is 4.28. The Hall–Kier alpha value is -3.27. The molecule has 4 nitrogen and oxygen atoms in total.